The molecule has 0 fully saturated rings. The fourth-order valence-corrected chi connectivity index (χ4v) is 2.60. The van der Waals surface area contributed by atoms with E-state index in [0.717, 1.165) is 22.3 Å². The molecule has 6 heteroatoms. The normalized spacial score (nSPS) is 10.8. The van der Waals surface area contributed by atoms with Crippen molar-refractivity contribution in [3.63, 3.8) is 0 Å². The Hall–Kier alpha value is -1.62. The van der Waals surface area contributed by atoms with E-state index in [2.05, 4.69) is 15.3 Å². The number of para-hydroxylation sites is 1. The number of benzene rings is 2. The molecule has 0 atom stereocenters. The lowest BCUT2D eigenvalue weighted by atomic mass is 10.2. The second-order valence-corrected chi connectivity index (χ2v) is 5.74. The summed E-state index contributed by atoms with van der Waals surface area (Å²) >= 11 is 17.1. The van der Waals surface area contributed by atoms with Gasteiger partial charge in [0, 0.05) is 11.9 Å². The van der Waals surface area contributed by atoms with Gasteiger partial charge in [0.05, 0.1) is 15.6 Å². The summed E-state index contributed by atoms with van der Waals surface area (Å²) < 4.78 is 0.449. The van der Waals surface area contributed by atoms with E-state index in [1.54, 1.807) is 6.07 Å². The number of aromatic nitrogens is 2. The maximum Gasteiger partial charge on any atom is 0.199 e. The predicted molar refractivity (Wildman–Crippen MR) is 90.7 cm³/mol. The minimum atomic E-state index is 0.449. The molecule has 3 nitrogen and oxygen atoms in total. The Morgan fingerprint density at radius 2 is 1.90 bits per heavy atom. The average molecular weight is 336 g/mol. The fourth-order valence-electron chi connectivity index (χ4n) is 2.07. The summed E-state index contributed by atoms with van der Waals surface area (Å²) in [5.41, 5.74) is 1.98. The van der Waals surface area contributed by atoms with Crippen molar-refractivity contribution in [1.82, 2.24) is 9.97 Å². The van der Waals surface area contributed by atoms with Crippen molar-refractivity contribution in [2.45, 2.75) is 6.54 Å². The summed E-state index contributed by atoms with van der Waals surface area (Å²) in [6, 6.07) is 13.4. The predicted octanol–water partition coefficient (Wildman–Crippen LogP) is 5.21. The summed E-state index contributed by atoms with van der Waals surface area (Å²) in [7, 11) is 0. The maximum absolute atomic E-state index is 6.02. The molecule has 0 radical (unpaired) electrons. The van der Waals surface area contributed by atoms with Gasteiger partial charge in [-0.1, -0.05) is 41.4 Å². The highest BCUT2D eigenvalue weighted by Crippen LogP contribution is 2.24. The standard InChI is InChI=1S/C15H11Cl2N3S/c16-11-6-5-9(7-12(11)17)8-18-14-10-3-1-2-4-13(10)19-15(21)20-14/h1-7H,8H2,(H2,18,19,20,21). The van der Waals surface area contributed by atoms with Gasteiger partial charge in [0.15, 0.2) is 4.77 Å². The van der Waals surface area contributed by atoms with Gasteiger partial charge in [0.2, 0.25) is 0 Å². The minimum Gasteiger partial charge on any atom is -0.365 e. The molecule has 0 aliphatic carbocycles. The Morgan fingerprint density at radius 1 is 1.10 bits per heavy atom. The van der Waals surface area contributed by atoms with Crippen molar-refractivity contribution in [3.8, 4) is 0 Å². The number of aromatic amines is 1. The van der Waals surface area contributed by atoms with Crippen molar-refractivity contribution in [2.24, 2.45) is 0 Å². The van der Waals surface area contributed by atoms with Crippen molar-refractivity contribution in [2.75, 3.05) is 5.32 Å². The molecule has 0 saturated heterocycles. The summed E-state index contributed by atoms with van der Waals surface area (Å²) in [5, 5.41) is 5.37. The maximum atomic E-state index is 6.02. The molecule has 3 aromatic rings. The lowest BCUT2D eigenvalue weighted by Gasteiger charge is -2.09. The summed E-state index contributed by atoms with van der Waals surface area (Å²) in [4.78, 5) is 7.42. The van der Waals surface area contributed by atoms with E-state index >= 15 is 0 Å². The topological polar surface area (TPSA) is 40.7 Å². The van der Waals surface area contributed by atoms with E-state index in [0.29, 0.717) is 21.4 Å². The van der Waals surface area contributed by atoms with Gasteiger partial charge in [0.1, 0.15) is 5.82 Å². The van der Waals surface area contributed by atoms with Crippen LogP contribution in [0.2, 0.25) is 10.0 Å². The number of nitrogens with zero attached hydrogens (tertiary/aromatic N) is 1. The Labute approximate surface area is 136 Å². The Morgan fingerprint density at radius 3 is 2.71 bits per heavy atom. The van der Waals surface area contributed by atoms with Crippen LogP contribution in [0.25, 0.3) is 10.9 Å². The number of halogens is 2. The number of rotatable bonds is 3. The molecule has 2 aromatic carbocycles. The van der Waals surface area contributed by atoms with Crippen molar-refractivity contribution in [1.29, 1.82) is 0 Å². The molecule has 0 aliphatic heterocycles. The van der Waals surface area contributed by atoms with Gasteiger partial charge in [0.25, 0.3) is 0 Å². The van der Waals surface area contributed by atoms with Crippen LogP contribution in [0.15, 0.2) is 42.5 Å². The van der Waals surface area contributed by atoms with Gasteiger partial charge in [-0.15, -0.1) is 0 Å². The van der Waals surface area contributed by atoms with Gasteiger partial charge >= 0.3 is 0 Å². The highest BCUT2D eigenvalue weighted by Gasteiger charge is 2.04. The number of fused-ring (bicyclic) bond motifs is 1. The van der Waals surface area contributed by atoms with Gasteiger partial charge in [-0.3, -0.25) is 0 Å². The lowest BCUT2D eigenvalue weighted by molar-refractivity contribution is 1.09. The number of anilines is 1. The largest absolute Gasteiger partial charge is 0.365 e. The molecule has 2 N–H and O–H groups in total. The van der Waals surface area contributed by atoms with E-state index in [1.165, 1.54) is 0 Å². The Balaban J connectivity index is 1.91. The monoisotopic (exact) mass is 335 g/mol. The molecular formula is C15H11Cl2N3S. The van der Waals surface area contributed by atoms with E-state index in [1.807, 2.05) is 36.4 Å². The number of hydrogen-bond acceptors (Lipinski definition) is 3. The van der Waals surface area contributed by atoms with Crippen LogP contribution in [0, 0.1) is 4.77 Å². The van der Waals surface area contributed by atoms with Crippen LogP contribution in [0.5, 0.6) is 0 Å². The third-order valence-corrected chi connectivity index (χ3v) is 4.01. The fraction of sp³-hybridized carbons (Fsp3) is 0.0667. The number of hydrogen-bond donors (Lipinski definition) is 2. The molecule has 0 unspecified atom stereocenters. The third kappa shape index (κ3) is 3.18. The van der Waals surface area contributed by atoms with Crippen LogP contribution in [-0.4, -0.2) is 9.97 Å². The lowest BCUT2D eigenvalue weighted by Crippen LogP contribution is -2.03. The minimum absolute atomic E-state index is 0.449. The van der Waals surface area contributed by atoms with Crippen molar-refractivity contribution in [3.05, 3.63) is 62.8 Å². The van der Waals surface area contributed by atoms with E-state index in [-0.39, 0.29) is 0 Å². The molecule has 3 rings (SSSR count). The van der Waals surface area contributed by atoms with E-state index in [4.69, 9.17) is 35.4 Å². The van der Waals surface area contributed by atoms with Crippen LogP contribution in [0.1, 0.15) is 5.56 Å². The first kappa shape index (κ1) is 14.3. The van der Waals surface area contributed by atoms with Crippen molar-refractivity contribution >= 4 is 52.1 Å². The first-order chi connectivity index (χ1) is 10.1. The summed E-state index contributed by atoms with van der Waals surface area (Å²) in [6.45, 7) is 0.590. The molecule has 0 saturated carbocycles. The number of H-pyrrole nitrogens is 1. The zero-order chi connectivity index (χ0) is 14.8. The second-order valence-electron chi connectivity index (χ2n) is 4.54. The van der Waals surface area contributed by atoms with Crippen LogP contribution >= 0.6 is 35.4 Å². The van der Waals surface area contributed by atoms with Gasteiger partial charge in [-0.25, -0.2) is 4.98 Å². The number of nitrogens with one attached hydrogen (secondary N) is 2. The van der Waals surface area contributed by atoms with Crippen LogP contribution in [0.4, 0.5) is 5.82 Å². The summed E-state index contributed by atoms with van der Waals surface area (Å²) in [6.07, 6.45) is 0. The molecule has 106 valence electrons. The van der Waals surface area contributed by atoms with Gasteiger partial charge in [-0.05, 0) is 42.0 Å². The highest BCUT2D eigenvalue weighted by atomic mass is 35.5. The molecular weight excluding hydrogens is 325 g/mol. The average Bonchev–Trinajstić information content (AvgIpc) is 2.48. The third-order valence-electron chi connectivity index (χ3n) is 3.08. The molecule has 0 bridgehead atoms. The molecule has 1 aromatic heterocycles. The van der Waals surface area contributed by atoms with Crippen LogP contribution in [0.3, 0.4) is 0 Å². The first-order valence-electron chi connectivity index (χ1n) is 6.30. The van der Waals surface area contributed by atoms with Crippen LogP contribution < -0.4 is 5.32 Å². The first-order valence-corrected chi connectivity index (χ1v) is 7.47. The van der Waals surface area contributed by atoms with Crippen molar-refractivity contribution < 1.29 is 0 Å². The zero-order valence-corrected chi connectivity index (χ0v) is 13.2. The molecule has 0 aliphatic rings. The van der Waals surface area contributed by atoms with Gasteiger partial charge in [-0.2, -0.15) is 0 Å². The molecule has 1 heterocycles. The van der Waals surface area contributed by atoms with Gasteiger partial charge < -0.3 is 10.3 Å². The Kier molecular flexibility index (Phi) is 4.10. The Bertz CT molecular complexity index is 861. The smallest absolute Gasteiger partial charge is 0.199 e. The van der Waals surface area contributed by atoms with Crippen LogP contribution in [-0.2, 0) is 6.54 Å². The SMILES string of the molecule is S=c1nc(NCc2ccc(Cl)c(Cl)c2)c2ccccc2[nH]1. The highest BCUT2D eigenvalue weighted by molar-refractivity contribution is 7.71. The zero-order valence-electron chi connectivity index (χ0n) is 10.9. The second kappa shape index (κ2) is 6.02. The van der Waals surface area contributed by atoms with E-state index < -0.39 is 0 Å². The molecule has 21 heavy (non-hydrogen) atoms. The molecule has 0 amide bonds. The quantitative estimate of drug-likeness (QED) is 0.645. The molecule has 0 spiro atoms. The van der Waals surface area contributed by atoms with E-state index in [9.17, 15) is 0 Å². The summed E-state index contributed by atoms with van der Waals surface area (Å²) in [5.74, 6) is 0.750.